The number of amides is 2. The molecule has 2 aromatic carbocycles. The number of fused-ring (bicyclic) bond motifs is 1. The molecule has 0 bridgehead atoms. The molecule has 0 spiro atoms. The standard InChI is InChI=1S/C22H26N6O2.C2HF3O2/c1-13(21(29)25-11-14-7-8-17-18(9-14)27-28-20(17)23)26-22(30)19-10-16(12-24-19)15-5-3-2-4-6-15;3-2(4,5)1(6)7/h2-9,13,16,19,24H,10-12H2,1H3,(H,25,29)(H,26,30)(H3,23,27,28);(H,6,7)/t13-,16-,19+;/m0./s1. The molecule has 1 aromatic heterocycles. The summed E-state index contributed by atoms with van der Waals surface area (Å²) in [4.78, 5) is 33.9. The van der Waals surface area contributed by atoms with Crippen LogP contribution in [0.25, 0.3) is 10.9 Å². The fourth-order valence-corrected chi connectivity index (χ4v) is 3.83. The largest absolute Gasteiger partial charge is 0.490 e. The van der Waals surface area contributed by atoms with Gasteiger partial charge in [0.05, 0.1) is 11.6 Å². The van der Waals surface area contributed by atoms with Crippen molar-refractivity contribution in [2.45, 2.75) is 44.1 Å². The van der Waals surface area contributed by atoms with Gasteiger partial charge in [0.25, 0.3) is 0 Å². The number of carboxylic acid groups (broad SMARTS) is 1. The van der Waals surface area contributed by atoms with Crippen LogP contribution in [-0.2, 0) is 20.9 Å². The molecular formula is C24H27F3N6O4. The second kappa shape index (κ2) is 11.7. The summed E-state index contributed by atoms with van der Waals surface area (Å²) in [5.41, 5.74) is 8.73. The molecule has 13 heteroatoms. The third-order valence-corrected chi connectivity index (χ3v) is 5.84. The molecule has 37 heavy (non-hydrogen) atoms. The van der Waals surface area contributed by atoms with Crippen LogP contribution in [0.3, 0.4) is 0 Å². The molecule has 0 aliphatic carbocycles. The van der Waals surface area contributed by atoms with Crippen molar-refractivity contribution < 1.29 is 32.7 Å². The first-order valence-corrected chi connectivity index (χ1v) is 11.3. The molecule has 1 fully saturated rings. The zero-order valence-electron chi connectivity index (χ0n) is 19.8. The number of nitrogen functional groups attached to an aromatic ring is 1. The molecule has 2 heterocycles. The van der Waals surface area contributed by atoms with E-state index in [1.165, 1.54) is 5.56 Å². The van der Waals surface area contributed by atoms with Gasteiger partial charge in [-0.25, -0.2) is 4.79 Å². The minimum atomic E-state index is -5.08. The molecule has 0 unspecified atom stereocenters. The average molecular weight is 521 g/mol. The predicted molar refractivity (Wildman–Crippen MR) is 129 cm³/mol. The van der Waals surface area contributed by atoms with Gasteiger partial charge in [-0.15, -0.1) is 0 Å². The SMILES string of the molecule is C[C@H](NC(=O)[C@H]1C[C@H](c2ccccc2)CN1)C(=O)NCc1ccc2c(N)n[nH]c2c1.O=C(O)C(F)(F)F. The van der Waals surface area contributed by atoms with E-state index in [2.05, 4.69) is 38.3 Å². The maximum absolute atomic E-state index is 12.6. The number of H-pyrrole nitrogens is 1. The van der Waals surface area contributed by atoms with Crippen LogP contribution < -0.4 is 21.7 Å². The number of benzene rings is 2. The number of aliphatic carboxylic acids is 1. The van der Waals surface area contributed by atoms with Gasteiger partial charge in [0.1, 0.15) is 6.04 Å². The number of nitrogens with one attached hydrogen (secondary N) is 4. The van der Waals surface area contributed by atoms with Crippen LogP contribution in [-0.4, -0.2) is 57.9 Å². The third kappa shape index (κ3) is 7.43. The van der Waals surface area contributed by atoms with Crippen molar-refractivity contribution in [2.24, 2.45) is 0 Å². The van der Waals surface area contributed by atoms with E-state index in [0.29, 0.717) is 18.3 Å². The molecule has 10 nitrogen and oxygen atoms in total. The summed E-state index contributed by atoms with van der Waals surface area (Å²) in [6.45, 7) is 2.80. The molecule has 2 amide bonds. The van der Waals surface area contributed by atoms with Crippen molar-refractivity contribution in [3.63, 3.8) is 0 Å². The van der Waals surface area contributed by atoms with E-state index in [4.69, 9.17) is 15.6 Å². The number of rotatable bonds is 6. The molecular weight excluding hydrogens is 493 g/mol. The molecule has 7 N–H and O–H groups in total. The maximum Gasteiger partial charge on any atom is 0.490 e. The van der Waals surface area contributed by atoms with Crippen molar-refractivity contribution in [1.82, 2.24) is 26.1 Å². The number of carbonyl (C=O) groups is 3. The van der Waals surface area contributed by atoms with E-state index in [-0.39, 0.29) is 17.9 Å². The van der Waals surface area contributed by atoms with Crippen LogP contribution in [0.4, 0.5) is 19.0 Å². The number of hydrogen-bond donors (Lipinski definition) is 6. The molecule has 0 saturated carbocycles. The maximum atomic E-state index is 12.6. The van der Waals surface area contributed by atoms with Crippen LogP contribution in [0.2, 0.25) is 0 Å². The fraction of sp³-hybridized carbons (Fsp3) is 0.333. The number of nitrogens with zero attached hydrogens (tertiary/aromatic N) is 1. The monoisotopic (exact) mass is 520 g/mol. The molecule has 198 valence electrons. The smallest absolute Gasteiger partial charge is 0.475 e. The van der Waals surface area contributed by atoms with Crippen LogP contribution in [0.1, 0.15) is 30.4 Å². The van der Waals surface area contributed by atoms with Crippen molar-refractivity contribution in [1.29, 1.82) is 0 Å². The normalized spacial score (nSPS) is 17.9. The first-order chi connectivity index (χ1) is 17.5. The second-order valence-corrected chi connectivity index (χ2v) is 8.54. The Balaban J connectivity index is 0.000000479. The first kappa shape index (κ1) is 27.5. The van der Waals surface area contributed by atoms with E-state index in [9.17, 15) is 22.8 Å². The van der Waals surface area contributed by atoms with E-state index >= 15 is 0 Å². The molecule has 1 aliphatic heterocycles. The lowest BCUT2D eigenvalue weighted by Crippen LogP contribution is -2.49. The zero-order chi connectivity index (χ0) is 27.2. The molecule has 1 saturated heterocycles. The first-order valence-electron chi connectivity index (χ1n) is 11.3. The van der Waals surface area contributed by atoms with Gasteiger partial charge >= 0.3 is 12.1 Å². The molecule has 4 rings (SSSR count). The summed E-state index contributed by atoms with van der Waals surface area (Å²) in [5, 5.41) is 23.7. The molecule has 3 aromatic rings. The van der Waals surface area contributed by atoms with E-state index in [0.717, 1.165) is 29.4 Å². The number of hydrogen-bond acceptors (Lipinski definition) is 6. The Morgan fingerprint density at radius 3 is 2.51 bits per heavy atom. The quantitative estimate of drug-likeness (QED) is 0.290. The molecule has 3 atom stereocenters. The van der Waals surface area contributed by atoms with Crippen LogP contribution >= 0.6 is 0 Å². The van der Waals surface area contributed by atoms with Crippen molar-refractivity contribution in [3.8, 4) is 0 Å². The Morgan fingerprint density at radius 1 is 1.19 bits per heavy atom. The Labute approximate surface area is 209 Å². The Hall–Kier alpha value is -4.13. The Kier molecular flexibility index (Phi) is 8.71. The number of halogens is 3. The molecule has 1 aliphatic rings. The number of carboxylic acids is 1. The van der Waals surface area contributed by atoms with E-state index < -0.39 is 18.2 Å². The summed E-state index contributed by atoms with van der Waals surface area (Å²) in [6, 6.07) is 14.9. The van der Waals surface area contributed by atoms with Crippen LogP contribution in [0.15, 0.2) is 48.5 Å². The lowest BCUT2D eigenvalue weighted by molar-refractivity contribution is -0.192. The van der Waals surface area contributed by atoms with Crippen molar-refractivity contribution >= 4 is 34.5 Å². The van der Waals surface area contributed by atoms with Gasteiger partial charge in [-0.1, -0.05) is 36.4 Å². The lowest BCUT2D eigenvalue weighted by Gasteiger charge is -2.17. The summed E-state index contributed by atoms with van der Waals surface area (Å²) < 4.78 is 31.7. The number of nitrogens with two attached hydrogens (primary N) is 1. The number of carbonyl (C=O) groups excluding carboxylic acids is 2. The summed E-state index contributed by atoms with van der Waals surface area (Å²) >= 11 is 0. The number of aromatic amines is 1. The van der Waals surface area contributed by atoms with Gasteiger partial charge in [-0.3, -0.25) is 14.7 Å². The highest BCUT2D eigenvalue weighted by Gasteiger charge is 2.38. The highest BCUT2D eigenvalue weighted by atomic mass is 19.4. The van der Waals surface area contributed by atoms with E-state index in [1.54, 1.807) is 6.92 Å². The number of anilines is 1. The zero-order valence-corrected chi connectivity index (χ0v) is 19.8. The van der Waals surface area contributed by atoms with Crippen molar-refractivity contribution in [3.05, 3.63) is 59.7 Å². The highest BCUT2D eigenvalue weighted by molar-refractivity contribution is 5.90. The minimum Gasteiger partial charge on any atom is -0.475 e. The summed E-state index contributed by atoms with van der Waals surface area (Å²) in [6.07, 6.45) is -4.36. The minimum absolute atomic E-state index is 0.148. The highest BCUT2D eigenvalue weighted by Crippen LogP contribution is 2.25. The topological polar surface area (TPSA) is 162 Å². The molecule has 0 radical (unpaired) electrons. The third-order valence-electron chi connectivity index (χ3n) is 5.84. The van der Waals surface area contributed by atoms with Crippen molar-refractivity contribution in [2.75, 3.05) is 12.3 Å². The summed E-state index contributed by atoms with van der Waals surface area (Å²) in [5.74, 6) is -2.38. The number of aromatic nitrogens is 2. The van der Waals surface area contributed by atoms with Crippen LogP contribution in [0, 0.1) is 0 Å². The van der Waals surface area contributed by atoms with E-state index in [1.807, 2.05) is 36.4 Å². The lowest BCUT2D eigenvalue weighted by atomic mass is 9.96. The fourth-order valence-electron chi connectivity index (χ4n) is 3.83. The van der Waals surface area contributed by atoms with Crippen LogP contribution in [0.5, 0.6) is 0 Å². The van der Waals surface area contributed by atoms with Gasteiger partial charge in [-0.2, -0.15) is 18.3 Å². The van der Waals surface area contributed by atoms with Gasteiger partial charge in [0.2, 0.25) is 11.8 Å². The van der Waals surface area contributed by atoms with Gasteiger partial charge < -0.3 is 26.8 Å². The van der Waals surface area contributed by atoms with Gasteiger partial charge in [0, 0.05) is 18.5 Å². The average Bonchev–Trinajstić information content (AvgIpc) is 3.50. The Morgan fingerprint density at radius 2 is 1.86 bits per heavy atom. The number of alkyl halides is 3. The predicted octanol–water partition coefficient (Wildman–Crippen LogP) is 2.05. The second-order valence-electron chi connectivity index (χ2n) is 8.54. The summed E-state index contributed by atoms with van der Waals surface area (Å²) in [7, 11) is 0. The Bertz CT molecular complexity index is 1250. The van der Waals surface area contributed by atoms with Gasteiger partial charge in [0.15, 0.2) is 5.82 Å². The van der Waals surface area contributed by atoms with Gasteiger partial charge in [-0.05, 0) is 42.5 Å².